The van der Waals surface area contributed by atoms with Crippen molar-refractivity contribution in [3.8, 4) is 0 Å². The van der Waals surface area contributed by atoms with Crippen LogP contribution in [-0.4, -0.2) is 24.2 Å². The second-order valence-electron chi connectivity index (χ2n) is 5.90. The summed E-state index contributed by atoms with van der Waals surface area (Å²) >= 11 is 0. The van der Waals surface area contributed by atoms with Gasteiger partial charge in [-0.2, -0.15) is 0 Å². The lowest BCUT2D eigenvalue weighted by molar-refractivity contribution is -0.141. The van der Waals surface area contributed by atoms with Gasteiger partial charge in [-0.05, 0) is 48.8 Å². The summed E-state index contributed by atoms with van der Waals surface area (Å²) in [6.07, 6.45) is 5.40. The molecule has 0 saturated carbocycles. The normalized spacial score (nSPS) is 18.9. The van der Waals surface area contributed by atoms with Crippen LogP contribution in [0.3, 0.4) is 0 Å². The van der Waals surface area contributed by atoms with E-state index in [2.05, 4.69) is 17.0 Å². The predicted octanol–water partition coefficient (Wildman–Crippen LogP) is 2.65. The first-order valence-electron chi connectivity index (χ1n) is 7.27. The Kier molecular flexibility index (Phi) is 3.21. The molecule has 0 aliphatic carbocycles. The van der Waals surface area contributed by atoms with Crippen LogP contribution >= 0.6 is 0 Å². The lowest BCUT2D eigenvalue weighted by Gasteiger charge is -2.37. The monoisotopic (exact) mass is 259 g/mol. The Morgan fingerprint density at radius 3 is 2.37 bits per heavy atom. The quantitative estimate of drug-likeness (QED) is 0.907. The number of benzene rings is 1. The van der Waals surface area contributed by atoms with Crippen molar-refractivity contribution in [3.05, 3.63) is 28.8 Å². The summed E-state index contributed by atoms with van der Waals surface area (Å²) in [5.41, 5.74) is 5.55. The van der Waals surface area contributed by atoms with E-state index in [4.69, 9.17) is 5.11 Å². The topological polar surface area (TPSA) is 40.5 Å². The molecule has 1 aromatic carbocycles. The average Bonchev–Trinajstić information content (AvgIpc) is 2.39. The molecule has 1 N–H and O–H groups in total. The number of aryl methyl sites for hydroxylation is 2. The molecule has 3 heteroatoms. The molecule has 2 aliphatic heterocycles. The zero-order valence-corrected chi connectivity index (χ0v) is 11.5. The van der Waals surface area contributed by atoms with Gasteiger partial charge in [-0.25, -0.2) is 0 Å². The van der Waals surface area contributed by atoms with Gasteiger partial charge in [-0.3, -0.25) is 4.79 Å². The molecule has 0 radical (unpaired) electrons. The molecule has 0 fully saturated rings. The van der Waals surface area contributed by atoms with Gasteiger partial charge in [-0.1, -0.05) is 19.1 Å². The van der Waals surface area contributed by atoms with Crippen LogP contribution in [0.5, 0.6) is 0 Å². The van der Waals surface area contributed by atoms with Crippen LogP contribution in [0.4, 0.5) is 5.69 Å². The molecule has 1 unspecified atom stereocenters. The highest BCUT2D eigenvalue weighted by Gasteiger charge is 2.24. The lowest BCUT2D eigenvalue weighted by atomic mass is 9.88. The molecular formula is C16H21NO2. The number of anilines is 1. The van der Waals surface area contributed by atoms with Crippen LogP contribution in [0.1, 0.15) is 36.5 Å². The van der Waals surface area contributed by atoms with Crippen molar-refractivity contribution in [2.24, 2.45) is 5.92 Å². The van der Waals surface area contributed by atoms with Gasteiger partial charge in [-0.15, -0.1) is 0 Å². The van der Waals surface area contributed by atoms with Crippen molar-refractivity contribution < 1.29 is 9.90 Å². The van der Waals surface area contributed by atoms with E-state index in [-0.39, 0.29) is 5.92 Å². The smallest absolute Gasteiger partial charge is 0.306 e. The number of carbonyl (C=O) groups is 1. The van der Waals surface area contributed by atoms with Crippen LogP contribution in [0.15, 0.2) is 12.1 Å². The molecule has 0 amide bonds. The molecule has 1 atom stereocenters. The minimum absolute atomic E-state index is 0.298. The van der Waals surface area contributed by atoms with Gasteiger partial charge < -0.3 is 10.0 Å². The predicted molar refractivity (Wildman–Crippen MR) is 75.8 cm³/mol. The van der Waals surface area contributed by atoms with Crippen LogP contribution in [-0.2, 0) is 24.1 Å². The van der Waals surface area contributed by atoms with Gasteiger partial charge in [0, 0.05) is 18.8 Å². The van der Waals surface area contributed by atoms with Crippen molar-refractivity contribution >= 4 is 11.7 Å². The van der Waals surface area contributed by atoms with Gasteiger partial charge in [0.1, 0.15) is 0 Å². The van der Waals surface area contributed by atoms with E-state index >= 15 is 0 Å². The fourth-order valence-corrected chi connectivity index (χ4v) is 3.43. The van der Waals surface area contributed by atoms with E-state index in [0.717, 1.165) is 12.8 Å². The highest BCUT2D eigenvalue weighted by molar-refractivity contribution is 5.70. The Balaban J connectivity index is 1.94. The second kappa shape index (κ2) is 4.87. The van der Waals surface area contributed by atoms with E-state index in [1.807, 2.05) is 0 Å². The summed E-state index contributed by atoms with van der Waals surface area (Å²) < 4.78 is 0. The first-order valence-corrected chi connectivity index (χ1v) is 7.27. The maximum atomic E-state index is 11.0. The van der Waals surface area contributed by atoms with E-state index in [1.54, 1.807) is 6.92 Å². The van der Waals surface area contributed by atoms with Crippen molar-refractivity contribution in [1.29, 1.82) is 0 Å². The van der Waals surface area contributed by atoms with Crippen LogP contribution in [0.2, 0.25) is 0 Å². The lowest BCUT2D eigenvalue weighted by Crippen LogP contribution is -2.34. The largest absolute Gasteiger partial charge is 0.481 e. The molecule has 3 rings (SSSR count). The number of hydrogen-bond donors (Lipinski definition) is 1. The summed E-state index contributed by atoms with van der Waals surface area (Å²) in [5.74, 6) is -0.999. The molecule has 0 bridgehead atoms. The maximum absolute atomic E-state index is 11.0. The van der Waals surface area contributed by atoms with Crippen molar-refractivity contribution in [2.75, 3.05) is 18.0 Å². The Morgan fingerprint density at radius 2 is 1.84 bits per heavy atom. The number of carboxylic acids is 1. The minimum atomic E-state index is -0.701. The Bertz CT molecular complexity index is 478. The molecule has 19 heavy (non-hydrogen) atoms. The Morgan fingerprint density at radius 1 is 1.26 bits per heavy atom. The van der Waals surface area contributed by atoms with E-state index in [9.17, 15) is 4.79 Å². The highest BCUT2D eigenvalue weighted by Crippen LogP contribution is 2.36. The number of hydrogen-bond acceptors (Lipinski definition) is 2. The van der Waals surface area contributed by atoms with E-state index in [0.29, 0.717) is 6.42 Å². The first-order chi connectivity index (χ1) is 9.15. The summed E-state index contributed by atoms with van der Waals surface area (Å²) in [6.45, 7) is 4.16. The van der Waals surface area contributed by atoms with Gasteiger partial charge in [0.2, 0.25) is 0 Å². The van der Waals surface area contributed by atoms with Crippen LogP contribution < -0.4 is 4.90 Å². The van der Waals surface area contributed by atoms with Gasteiger partial charge in [0.25, 0.3) is 0 Å². The summed E-state index contributed by atoms with van der Waals surface area (Å²) in [5, 5.41) is 9.05. The van der Waals surface area contributed by atoms with Crippen molar-refractivity contribution in [3.63, 3.8) is 0 Å². The number of rotatable bonds is 3. The molecule has 0 spiro atoms. The average molecular weight is 259 g/mol. The molecule has 102 valence electrons. The van der Waals surface area contributed by atoms with Crippen molar-refractivity contribution in [2.45, 2.75) is 39.0 Å². The third-order valence-corrected chi connectivity index (χ3v) is 4.36. The van der Waals surface area contributed by atoms with Crippen molar-refractivity contribution in [1.82, 2.24) is 0 Å². The molecule has 3 nitrogen and oxygen atoms in total. The van der Waals surface area contributed by atoms with Gasteiger partial charge >= 0.3 is 5.97 Å². The molecule has 0 aromatic heterocycles. The summed E-state index contributed by atoms with van der Waals surface area (Å²) in [7, 11) is 0. The number of aliphatic carboxylic acids is 1. The maximum Gasteiger partial charge on any atom is 0.306 e. The Hall–Kier alpha value is -1.51. The molecule has 2 aliphatic rings. The molecule has 0 saturated heterocycles. The first kappa shape index (κ1) is 12.5. The summed E-state index contributed by atoms with van der Waals surface area (Å²) in [4.78, 5) is 13.5. The van der Waals surface area contributed by atoms with Crippen LogP contribution in [0.25, 0.3) is 0 Å². The third-order valence-electron chi connectivity index (χ3n) is 4.36. The number of nitrogens with zero attached hydrogens (tertiary/aromatic N) is 1. The fraction of sp³-hybridized carbons (Fsp3) is 0.562. The molecule has 2 heterocycles. The third kappa shape index (κ3) is 2.34. The van der Waals surface area contributed by atoms with Crippen LogP contribution in [0, 0.1) is 5.92 Å². The standard InChI is InChI=1S/C16H21NO2/c1-11(16(18)19)8-12-9-13-4-2-6-17-7-3-5-14(10-12)15(13)17/h9-11H,2-8H2,1H3,(H,18,19). The highest BCUT2D eigenvalue weighted by atomic mass is 16.4. The zero-order chi connectivity index (χ0) is 13.4. The van der Waals surface area contributed by atoms with Gasteiger partial charge in [0.05, 0.1) is 5.92 Å². The molecular weight excluding hydrogens is 238 g/mol. The zero-order valence-electron chi connectivity index (χ0n) is 11.5. The molecule has 1 aromatic rings. The fourth-order valence-electron chi connectivity index (χ4n) is 3.43. The van der Waals surface area contributed by atoms with Gasteiger partial charge in [0.15, 0.2) is 0 Å². The summed E-state index contributed by atoms with van der Waals surface area (Å²) in [6, 6.07) is 4.49. The SMILES string of the molecule is CC(Cc1cc2c3c(c1)CCCN3CCC2)C(=O)O. The van der Waals surface area contributed by atoms with E-state index in [1.165, 1.54) is 48.3 Å². The second-order valence-corrected chi connectivity index (χ2v) is 5.90. The Labute approximate surface area is 114 Å². The minimum Gasteiger partial charge on any atom is -0.481 e. The van der Waals surface area contributed by atoms with E-state index < -0.39 is 5.97 Å². The number of carboxylic acid groups (broad SMARTS) is 1.